The molecule has 1 unspecified atom stereocenters. The van der Waals surface area contributed by atoms with Crippen LogP contribution in [0, 0.1) is 11.7 Å². The molecule has 25 heavy (non-hydrogen) atoms. The number of para-hydroxylation sites is 1. The van der Waals surface area contributed by atoms with Crippen LogP contribution in [0.4, 0.5) is 10.1 Å². The van der Waals surface area contributed by atoms with Crippen molar-refractivity contribution in [1.29, 1.82) is 0 Å². The quantitative estimate of drug-likeness (QED) is 0.726. The summed E-state index contributed by atoms with van der Waals surface area (Å²) in [5.41, 5.74) is 2.55. The van der Waals surface area contributed by atoms with E-state index in [-0.39, 0.29) is 5.82 Å². The Bertz CT molecular complexity index is 626. The van der Waals surface area contributed by atoms with Crippen molar-refractivity contribution in [3.05, 3.63) is 66.0 Å². The van der Waals surface area contributed by atoms with E-state index < -0.39 is 0 Å². The Kier molecular flexibility index (Phi) is 6.46. The van der Waals surface area contributed by atoms with Gasteiger partial charge in [0.25, 0.3) is 0 Å². The first-order valence-electron chi connectivity index (χ1n) is 9.51. The lowest BCUT2D eigenvalue weighted by Crippen LogP contribution is -2.41. The van der Waals surface area contributed by atoms with Gasteiger partial charge in [-0.15, -0.1) is 0 Å². The number of rotatable bonds is 7. The van der Waals surface area contributed by atoms with E-state index in [0.29, 0.717) is 0 Å². The molecule has 0 bridgehead atoms. The summed E-state index contributed by atoms with van der Waals surface area (Å²) < 4.78 is 13.0. The second-order valence-electron chi connectivity index (χ2n) is 7.06. The fourth-order valence-corrected chi connectivity index (χ4v) is 3.81. The van der Waals surface area contributed by atoms with Crippen molar-refractivity contribution in [3.8, 4) is 0 Å². The molecule has 0 N–H and O–H groups in total. The highest BCUT2D eigenvalue weighted by atomic mass is 19.1. The molecule has 1 aliphatic heterocycles. The molecule has 0 spiro atoms. The normalized spacial score (nSPS) is 18.2. The molecule has 1 aliphatic rings. The molecule has 1 saturated heterocycles. The van der Waals surface area contributed by atoms with E-state index in [4.69, 9.17) is 0 Å². The summed E-state index contributed by atoms with van der Waals surface area (Å²) in [4.78, 5) is 5.07. The van der Waals surface area contributed by atoms with Gasteiger partial charge in [0, 0.05) is 31.9 Å². The molecule has 134 valence electrons. The molecule has 3 rings (SSSR count). The molecule has 2 aromatic rings. The minimum atomic E-state index is -0.151. The van der Waals surface area contributed by atoms with Gasteiger partial charge < -0.3 is 9.80 Å². The Balaban J connectivity index is 1.51. The van der Waals surface area contributed by atoms with E-state index in [0.717, 1.165) is 32.0 Å². The Hall–Kier alpha value is -1.87. The Morgan fingerprint density at radius 2 is 1.84 bits per heavy atom. The molecule has 0 aromatic heterocycles. The van der Waals surface area contributed by atoms with Gasteiger partial charge in [0.2, 0.25) is 0 Å². The number of nitrogens with zero attached hydrogens (tertiary/aromatic N) is 2. The van der Waals surface area contributed by atoms with Gasteiger partial charge in [0.05, 0.1) is 0 Å². The minimum absolute atomic E-state index is 0.151. The molecule has 0 radical (unpaired) electrons. The second-order valence-corrected chi connectivity index (χ2v) is 7.06. The maximum Gasteiger partial charge on any atom is 0.123 e. The summed E-state index contributed by atoms with van der Waals surface area (Å²) in [7, 11) is 0. The fourth-order valence-electron chi connectivity index (χ4n) is 3.81. The summed E-state index contributed by atoms with van der Waals surface area (Å²) in [5.74, 6) is 0.574. The van der Waals surface area contributed by atoms with Crippen LogP contribution in [0.2, 0.25) is 0 Å². The molecule has 1 atom stereocenters. The van der Waals surface area contributed by atoms with E-state index in [2.05, 4.69) is 47.1 Å². The predicted octanol–water partition coefficient (Wildman–Crippen LogP) is 4.61. The van der Waals surface area contributed by atoms with Gasteiger partial charge in [-0.1, -0.05) is 30.3 Å². The van der Waals surface area contributed by atoms with Crippen molar-refractivity contribution in [3.63, 3.8) is 0 Å². The smallest absolute Gasteiger partial charge is 0.123 e. The Labute approximate surface area is 151 Å². The monoisotopic (exact) mass is 340 g/mol. The lowest BCUT2D eigenvalue weighted by molar-refractivity contribution is 0.178. The molecule has 3 heteroatoms. The summed E-state index contributed by atoms with van der Waals surface area (Å²) in [6.07, 6.45) is 3.60. The highest BCUT2D eigenvalue weighted by Crippen LogP contribution is 2.21. The Morgan fingerprint density at radius 3 is 2.56 bits per heavy atom. The highest BCUT2D eigenvalue weighted by molar-refractivity contribution is 5.45. The number of benzene rings is 2. The van der Waals surface area contributed by atoms with Crippen LogP contribution in [0.5, 0.6) is 0 Å². The highest BCUT2D eigenvalue weighted by Gasteiger charge is 2.21. The van der Waals surface area contributed by atoms with Crippen molar-refractivity contribution in [1.82, 2.24) is 4.90 Å². The van der Waals surface area contributed by atoms with Crippen LogP contribution in [0.15, 0.2) is 54.6 Å². The van der Waals surface area contributed by atoms with Crippen LogP contribution in [0.1, 0.15) is 25.3 Å². The standard InChI is InChI=1S/C22H29FN2/c1-2-25(22-8-4-3-5-9-22)18-20-7-6-15-24(17-20)16-14-19-10-12-21(23)13-11-19/h3-5,8-13,20H,2,6-7,14-18H2,1H3. The molecule has 2 aromatic carbocycles. The van der Waals surface area contributed by atoms with Gasteiger partial charge in [-0.3, -0.25) is 0 Å². The predicted molar refractivity (Wildman–Crippen MR) is 104 cm³/mol. The van der Waals surface area contributed by atoms with Gasteiger partial charge in [-0.05, 0) is 68.5 Å². The summed E-state index contributed by atoms with van der Waals surface area (Å²) >= 11 is 0. The third-order valence-corrected chi connectivity index (χ3v) is 5.21. The third kappa shape index (κ3) is 5.30. The number of hydrogen-bond acceptors (Lipinski definition) is 2. The van der Waals surface area contributed by atoms with Crippen LogP contribution in [-0.2, 0) is 6.42 Å². The summed E-state index contributed by atoms with van der Waals surface area (Å²) in [5, 5.41) is 0. The minimum Gasteiger partial charge on any atom is -0.371 e. The van der Waals surface area contributed by atoms with Crippen LogP contribution in [0.3, 0.4) is 0 Å². The van der Waals surface area contributed by atoms with Crippen LogP contribution in [0.25, 0.3) is 0 Å². The molecular weight excluding hydrogens is 311 g/mol. The van der Waals surface area contributed by atoms with Gasteiger partial charge >= 0.3 is 0 Å². The van der Waals surface area contributed by atoms with Gasteiger partial charge in [-0.25, -0.2) is 4.39 Å². The summed E-state index contributed by atoms with van der Waals surface area (Å²) in [6.45, 7) is 7.85. The van der Waals surface area contributed by atoms with E-state index in [1.807, 2.05) is 12.1 Å². The number of hydrogen-bond donors (Lipinski definition) is 0. The molecule has 1 fully saturated rings. The fraction of sp³-hybridized carbons (Fsp3) is 0.455. The number of likely N-dealkylation sites (tertiary alicyclic amines) is 1. The first-order valence-corrected chi connectivity index (χ1v) is 9.51. The van der Waals surface area contributed by atoms with Crippen molar-refractivity contribution in [2.24, 2.45) is 5.92 Å². The van der Waals surface area contributed by atoms with E-state index in [9.17, 15) is 4.39 Å². The average molecular weight is 340 g/mol. The van der Waals surface area contributed by atoms with Crippen molar-refractivity contribution < 1.29 is 4.39 Å². The van der Waals surface area contributed by atoms with Crippen molar-refractivity contribution in [2.45, 2.75) is 26.2 Å². The molecular formula is C22H29FN2. The lowest BCUT2D eigenvalue weighted by Gasteiger charge is -2.36. The van der Waals surface area contributed by atoms with Gasteiger partial charge in [0.1, 0.15) is 5.82 Å². The molecule has 0 aliphatic carbocycles. The van der Waals surface area contributed by atoms with Gasteiger partial charge in [-0.2, -0.15) is 0 Å². The zero-order valence-corrected chi connectivity index (χ0v) is 15.2. The third-order valence-electron chi connectivity index (χ3n) is 5.21. The zero-order valence-electron chi connectivity index (χ0n) is 15.2. The van der Waals surface area contributed by atoms with Crippen molar-refractivity contribution in [2.75, 3.05) is 37.6 Å². The van der Waals surface area contributed by atoms with Crippen LogP contribution < -0.4 is 4.90 Å². The van der Waals surface area contributed by atoms with E-state index >= 15 is 0 Å². The average Bonchev–Trinajstić information content (AvgIpc) is 2.67. The number of anilines is 1. The molecule has 0 amide bonds. The number of piperidine rings is 1. The number of halogens is 1. The Morgan fingerprint density at radius 1 is 1.08 bits per heavy atom. The lowest BCUT2D eigenvalue weighted by atomic mass is 9.96. The second kappa shape index (κ2) is 9.00. The largest absolute Gasteiger partial charge is 0.371 e. The maximum atomic E-state index is 13.0. The van der Waals surface area contributed by atoms with E-state index in [1.54, 1.807) is 12.1 Å². The molecule has 2 nitrogen and oxygen atoms in total. The van der Waals surface area contributed by atoms with Gasteiger partial charge in [0.15, 0.2) is 0 Å². The van der Waals surface area contributed by atoms with Crippen molar-refractivity contribution >= 4 is 5.69 Å². The van der Waals surface area contributed by atoms with E-state index in [1.165, 1.54) is 37.2 Å². The SMILES string of the molecule is CCN(CC1CCCN(CCc2ccc(F)cc2)C1)c1ccccc1. The first kappa shape index (κ1) is 17.9. The topological polar surface area (TPSA) is 6.48 Å². The summed E-state index contributed by atoms with van der Waals surface area (Å²) in [6, 6.07) is 17.7. The molecule has 0 saturated carbocycles. The maximum absolute atomic E-state index is 13.0. The van der Waals surface area contributed by atoms with Crippen LogP contribution in [-0.4, -0.2) is 37.6 Å². The zero-order chi connectivity index (χ0) is 17.5. The first-order chi connectivity index (χ1) is 12.2. The molecule has 1 heterocycles. The van der Waals surface area contributed by atoms with Crippen LogP contribution >= 0.6 is 0 Å².